The van der Waals surface area contributed by atoms with Crippen molar-refractivity contribution in [2.45, 2.75) is 11.8 Å². The Morgan fingerprint density at radius 3 is 2.56 bits per heavy atom. The van der Waals surface area contributed by atoms with E-state index in [9.17, 15) is 4.79 Å². The number of hydrogen-bond donors (Lipinski definition) is 0. The summed E-state index contributed by atoms with van der Waals surface area (Å²) in [6.07, 6.45) is 5.13. The molecule has 0 aliphatic rings. The van der Waals surface area contributed by atoms with Crippen LogP contribution in [0.5, 0.6) is 5.75 Å². The van der Waals surface area contributed by atoms with Crippen LogP contribution in [0, 0.1) is 0 Å². The first-order valence-electron chi connectivity index (χ1n) is 7.20. The third-order valence-corrected chi connectivity index (χ3v) is 4.57. The highest BCUT2D eigenvalue weighted by molar-refractivity contribution is 7.98. The lowest BCUT2D eigenvalue weighted by Gasteiger charge is -2.05. The van der Waals surface area contributed by atoms with Gasteiger partial charge in [-0.15, -0.1) is 5.10 Å². The third-order valence-electron chi connectivity index (χ3n) is 3.29. The average Bonchev–Trinajstić information content (AvgIpc) is 3.16. The minimum absolute atomic E-state index is 0.155. The van der Waals surface area contributed by atoms with Crippen molar-refractivity contribution < 1.29 is 14.3 Å². The summed E-state index contributed by atoms with van der Waals surface area (Å²) >= 11 is 2.42. The zero-order chi connectivity index (χ0) is 17.6. The van der Waals surface area contributed by atoms with Gasteiger partial charge in [0.05, 0.1) is 7.11 Å². The molecule has 3 rings (SSSR count). The molecule has 0 amide bonds. The molecule has 0 saturated heterocycles. The maximum atomic E-state index is 12.4. The Kier molecular flexibility index (Phi) is 5.56. The number of ether oxygens (including phenoxy) is 2. The first kappa shape index (κ1) is 17.3. The van der Waals surface area contributed by atoms with Crippen molar-refractivity contribution >= 4 is 29.3 Å². The number of benzene rings is 1. The van der Waals surface area contributed by atoms with E-state index in [1.54, 1.807) is 19.5 Å². The van der Waals surface area contributed by atoms with Crippen LogP contribution in [-0.2, 0) is 11.3 Å². The van der Waals surface area contributed by atoms with Crippen LogP contribution in [0.3, 0.4) is 0 Å². The standard InChI is InChI=1S/C16H14N4O3S2/c1-22-12-5-3-10(4-6-12)9-23-15(21)14-13(19-20-25-14)11-7-17-16(24-2)18-8-11/h3-8H,9H2,1-2H3. The van der Waals surface area contributed by atoms with Crippen LogP contribution < -0.4 is 4.74 Å². The van der Waals surface area contributed by atoms with Crippen molar-refractivity contribution in [2.24, 2.45) is 0 Å². The highest BCUT2D eigenvalue weighted by Gasteiger charge is 2.20. The SMILES string of the molecule is COc1ccc(COC(=O)c2snnc2-c2cnc(SC)nc2)cc1. The van der Waals surface area contributed by atoms with Gasteiger partial charge in [-0.2, -0.15) is 0 Å². The second-order valence-corrected chi connectivity index (χ2v) is 6.36. The summed E-state index contributed by atoms with van der Waals surface area (Å²) in [6.45, 7) is 0.155. The van der Waals surface area contributed by atoms with Gasteiger partial charge in [0.2, 0.25) is 0 Å². The number of hydrogen-bond acceptors (Lipinski definition) is 9. The zero-order valence-corrected chi connectivity index (χ0v) is 15.1. The number of aromatic nitrogens is 4. The monoisotopic (exact) mass is 374 g/mol. The first-order valence-corrected chi connectivity index (χ1v) is 9.20. The van der Waals surface area contributed by atoms with Crippen LogP contribution in [0.25, 0.3) is 11.3 Å². The van der Waals surface area contributed by atoms with Gasteiger partial charge < -0.3 is 9.47 Å². The maximum Gasteiger partial charge on any atom is 0.352 e. The van der Waals surface area contributed by atoms with Crippen LogP contribution >= 0.6 is 23.3 Å². The molecule has 7 nitrogen and oxygen atoms in total. The van der Waals surface area contributed by atoms with Crippen molar-refractivity contribution in [1.29, 1.82) is 0 Å². The Hall–Kier alpha value is -2.52. The van der Waals surface area contributed by atoms with Gasteiger partial charge in [0.1, 0.15) is 18.1 Å². The van der Waals surface area contributed by atoms with E-state index in [1.165, 1.54) is 11.8 Å². The van der Waals surface area contributed by atoms with E-state index in [2.05, 4.69) is 19.6 Å². The summed E-state index contributed by atoms with van der Waals surface area (Å²) in [5, 5.41) is 4.65. The van der Waals surface area contributed by atoms with Crippen molar-refractivity contribution in [3.8, 4) is 17.0 Å². The van der Waals surface area contributed by atoms with Crippen LogP contribution in [-0.4, -0.2) is 38.9 Å². The molecule has 2 heterocycles. The van der Waals surface area contributed by atoms with Gasteiger partial charge in [-0.25, -0.2) is 14.8 Å². The molecule has 0 bridgehead atoms. The fourth-order valence-corrected chi connectivity index (χ4v) is 2.89. The molecule has 0 saturated carbocycles. The van der Waals surface area contributed by atoms with Crippen LogP contribution in [0.4, 0.5) is 0 Å². The fourth-order valence-electron chi connectivity index (χ4n) is 1.99. The van der Waals surface area contributed by atoms with E-state index >= 15 is 0 Å². The lowest BCUT2D eigenvalue weighted by Crippen LogP contribution is -2.05. The summed E-state index contributed by atoms with van der Waals surface area (Å²) in [5.41, 5.74) is 1.92. The molecule has 9 heteroatoms. The number of methoxy groups -OCH3 is 1. The molecular weight excluding hydrogens is 360 g/mol. The highest BCUT2D eigenvalue weighted by atomic mass is 32.2. The predicted octanol–water partition coefficient (Wildman–Crippen LogP) is 3.08. The molecule has 0 N–H and O–H groups in total. The Morgan fingerprint density at radius 2 is 1.92 bits per heavy atom. The number of carbonyl (C=O) groups is 1. The number of thioether (sulfide) groups is 1. The average molecular weight is 374 g/mol. The molecule has 0 radical (unpaired) electrons. The summed E-state index contributed by atoms with van der Waals surface area (Å²) in [7, 11) is 1.60. The van der Waals surface area contributed by atoms with E-state index in [4.69, 9.17) is 9.47 Å². The summed E-state index contributed by atoms with van der Waals surface area (Å²) in [4.78, 5) is 21.1. The van der Waals surface area contributed by atoms with Crippen molar-refractivity contribution in [1.82, 2.24) is 19.6 Å². The number of nitrogens with zero attached hydrogens (tertiary/aromatic N) is 4. The largest absolute Gasteiger partial charge is 0.497 e. The predicted molar refractivity (Wildman–Crippen MR) is 94.8 cm³/mol. The Morgan fingerprint density at radius 1 is 1.20 bits per heavy atom. The van der Waals surface area contributed by atoms with Crippen molar-refractivity contribution in [3.63, 3.8) is 0 Å². The lowest BCUT2D eigenvalue weighted by atomic mass is 10.2. The summed E-state index contributed by atoms with van der Waals surface area (Å²) < 4.78 is 14.3. The van der Waals surface area contributed by atoms with Crippen LogP contribution in [0.2, 0.25) is 0 Å². The van der Waals surface area contributed by atoms with Crippen LogP contribution in [0.1, 0.15) is 15.2 Å². The third kappa shape index (κ3) is 4.12. The molecule has 0 atom stereocenters. The van der Waals surface area contributed by atoms with Crippen molar-refractivity contribution in [3.05, 3.63) is 47.1 Å². The van der Waals surface area contributed by atoms with Gasteiger partial charge >= 0.3 is 5.97 Å². The molecule has 2 aromatic heterocycles. The number of carbonyl (C=O) groups excluding carboxylic acids is 1. The van der Waals surface area contributed by atoms with Crippen LogP contribution in [0.15, 0.2) is 41.8 Å². The van der Waals surface area contributed by atoms with Gasteiger partial charge in [0, 0.05) is 18.0 Å². The Bertz CT molecular complexity index is 851. The first-order chi connectivity index (χ1) is 12.2. The van der Waals surface area contributed by atoms with E-state index in [1.807, 2.05) is 30.5 Å². The molecule has 0 spiro atoms. The van der Waals surface area contributed by atoms with Gasteiger partial charge in [0.15, 0.2) is 10.0 Å². The second-order valence-electron chi connectivity index (χ2n) is 4.83. The summed E-state index contributed by atoms with van der Waals surface area (Å²) in [6, 6.07) is 7.31. The van der Waals surface area contributed by atoms with E-state index in [-0.39, 0.29) is 6.61 Å². The molecule has 1 aromatic carbocycles. The van der Waals surface area contributed by atoms with Crippen molar-refractivity contribution in [2.75, 3.05) is 13.4 Å². The molecule has 0 aliphatic heterocycles. The molecule has 25 heavy (non-hydrogen) atoms. The van der Waals surface area contributed by atoms with Gasteiger partial charge in [-0.1, -0.05) is 28.4 Å². The summed E-state index contributed by atoms with van der Waals surface area (Å²) in [5.74, 6) is 0.271. The molecule has 3 aromatic rings. The molecule has 128 valence electrons. The zero-order valence-electron chi connectivity index (χ0n) is 13.5. The van der Waals surface area contributed by atoms with E-state index in [0.29, 0.717) is 21.3 Å². The Labute approximate surface area is 152 Å². The number of rotatable bonds is 6. The van der Waals surface area contributed by atoms with E-state index < -0.39 is 5.97 Å². The number of esters is 1. The van der Waals surface area contributed by atoms with Gasteiger partial charge in [-0.05, 0) is 35.5 Å². The van der Waals surface area contributed by atoms with E-state index in [0.717, 1.165) is 22.8 Å². The van der Waals surface area contributed by atoms with Gasteiger partial charge in [-0.3, -0.25) is 0 Å². The highest BCUT2D eigenvalue weighted by Crippen LogP contribution is 2.24. The molecule has 0 aliphatic carbocycles. The van der Waals surface area contributed by atoms with Gasteiger partial charge in [0.25, 0.3) is 0 Å². The second kappa shape index (κ2) is 8.04. The minimum Gasteiger partial charge on any atom is -0.497 e. The quantitative estimate of drug-likeness (QED) is 0.370. The molecular formula is C16H14N4O3S2. The minimum atomic E-state index is -0.477. The molecule has 0 unspecified atom stereocenters. The maximum absolute atomic E-state index is 12.4. The fraction of sp³-hybridized carbons (Fsp3) is 0.188. The smallest absolute Gasteiger partial charge is 0.352 e. The molecule has 0 fully saturated rings. The normalized spacial score (nSPS) is 10.5. The topological polar surface area (TPSA) is 87.1 Å². The lowest BCUT2D eigenvalue weighted by molar-refractivity contribution is 0.0479. The Balaban J connectivity index is 1.71.